The van der Waals surface area contributed by atoms with Crippen LogP contribution in [-0.4, -0.2) is 26.4 Å². The molecule has 0 saturated heterocycles. The van der Waals surface area contributed by atoms with Crippen molar-refractivity contribution in [1.29, 1.82) is 0 Å². The maximum absolute atomic E-state index is 13.3. The van der Waals surface area contributed by atoms with Gasteiger partial charge in [0.25, 0.3) is 0 Å². The molecule has 0 radical (unpaired) electrons. The van der Waals surface area contributed by atoms with E-state index in [2.05, 4.69) is 6.58 Å². The lowest BCUT2D eigenvalue weighted by Crippen LogP contribution is -2.32. The Labute approximate surface area is 150 Å². The zero-order valence-corrected chi connectivity index (χ0v) is 16.1. The molecule has 0 aliphatic heterocycles. The molecule has 0 aromatic heterocycles. The molecule has 2 rings (SSSR count). The highest BCUT2D eigenvalue weighted by Crippen LogP contribution is 2.26. The summed E-state index contributed by atoms with van der Waals surface area (Å²) in [6.07, 6.45) is 1.61. The van der Waals surface area contributed by atoms with Gasteiger partial charge in [0, 0.05) is 13.1 Å². The van der Waals surface area contributed by atoms with Gasteiger partial charge in [-0.2, -0.15) is 4.31 Å². The second-order valence-electron chi connectivity index (χ2n) is 6.16. The smallest absolute Gasteiger partial charge is 0.244 e. The van der Waals surface area contributed by atoms with Gasteiger partial charge in [-0.15, -0.1) is 6.58 Å². The zero-order valence-electron chi connectivity index (χ0n) is 15.2. The van der Waals surface area contributed by atoms with E-state index in [1.807, 2.05) is 57.2 Å². The van der Waals surface area contributed by atoms with Gasteiger partial charge in [-0.3, -0.25) is 0 Å². The summed E-state index contributed by atoms with van der Waals surface area (Å²) >= 11 is 0. The summed E-state index contributed by atoms with van der Waals surface area (Å²) in [4.78, 5) is 0.383. The fourth-order valence-electron chi connectivity index (χ4n) is 3.03. The number of hydrogen-bond acceptors (Lipinski definition) is 3. The summed E-state index contributed by atoms with van der Waals surface area (Å²) < 4.78 is 33.1. The van der Waals surface area contributed by atoms with E-state index >= 15 is 0 Å². The Morgan fingerprint density at radius 3 is 2.12 bits per heavy atom. The predicted octanol–water partition coefficient (Wildman–Crippen LogP) is 4.00. The molecular formula is C20H25NO3S. The van der Waals surface area contributed by atoms with Gasteiger partial charge in [-0.05, 0) is 49.6 Å². The van der Waals surface area contributed by atoms with Crippen LogP contribution in [0.1, 0.15) is 22.3 Å². The van der Waals surface area contributed by atoms with Crippen LogP contribution < -0.4 is 4.74 Å². The summed E-state index contributed by atoms with van der Waals surface area (Å²) in [5.41, 5.74) is 3.48. The van der Waals surface area contributed by atoms with Gasteiger partial charge in [0.05, 0.1) is 12.0 Å². The largest absolute Gasteiger partial charge is 0.497 e. The second-order valence-corrected chi connectivity index (χ2v) is 8.04. The van der Waals surface area contributed by atoms with Crippen LogP contribution >= 0.6 is 0 Å². The highest BCUT2D eigenvalue weighted by molar-refractivity contribution is 7.89. The topological polar surface area (TPSA) is 46.6 Å². The normalized spacial score (nSPS) is 11.6. The van der Waals surface area contributed by atoms with E-state index in [1.54, 1.807) is 13.2 Å². The first kappa shape index (κ1) is 19.2. The van der Waals surface area contributed by atoms with Crippen molar-refractivity contribution in [3.63, 3.8) is 0 Å². The molecule has 2 aromatic carbocycles. The third-order valence-electron chi connectivity index (χ3n) is 4.05. The minimum atomic E-state index is -3.62. The van der Waals surface area contributed by atoms with E-state index in [0.29, 0.717) is 4.90 Å². The van der Waals surface area contributed by atoms with Gasteiger partial charge >= 0.3 is 0 Å². The Hall–Kier alpha value is -2.11. The van der Waals surface area contributed by atoms with Gasteiger partial charge in [0.2, 0.25) is 10.0 Å². The van der Waals surface area contributed by atoms with Crippen molar-refractivity contribution in [3.8, 4) is 5.75 Å². The van der Waals surface area contributed by atoms with Crippen molar-refractivity contribution in [2.45, 2.75) is 32.2 Å². The molecule has 0 amide bonds. The molecule has 0 saturated carbocycles. The van der Waals surface area contributed by atoms with Gasteiger partial charge in [0.15, 0.2) is 0 Å². The van der Waals surface area contributed by atoms with E-state index in [4.69, 9.17) is 4.74 Å². The number of hydrogen-bond donors (Lipinski definition) is 0. The maximum atomic E-state index is 13.3. The highest BCUT2D eigenvalue weighted by Gasteiger charge is 2.27. The summed E-state index contributed by atoms with van der Waals surface area (Å²) in [7, 11) is -2.02. The number of aryl methyl sites for hydroxylation is 3. The van der Waals surface area contributed by atoms with Crippen LogP contribution in [-0.2, 0) is 16.6 Å². The van der Waals surface area contributed by atoms with Crippen LogP contribution in [0.3, 0.4) is 0 Å². The standard InChI is InChI=1S/C20H25NO3S/c1-6-11-21(14-18-7-9-19(24-5)10-8-18)25(22,23)20-16(3)12-15(2)13-17(20)4/h6-10,12-13H,1,11,14H2,2-5H3. The summed E-state index contributed by atoms with van der Waals surface area (Å²) in [5.74, 6) is 0.743. The number of ether oxygens (including phenoxy) is 1. The minimum absolute atomic E-state index is 0.251. The summed E-state index contributed by atoms with van der Waals surface area (Å²) in [6, 6.07) is 11.2. The molecule has 0 bridgehead atoms. The molecule has 0 atom stereocenters. The van der Waals surface area contributed by atoms with Crippen molar-refractivity contribution < 1.29 is 13.2 Å². The molecule has 5 heteroatoms. The molecule has 0 heterocycles. The van der Waals surface area contributed by atoms with Crippen molar-refractivity contribution >= 4 is 10.0 Å². The third-order valence-corrected chi connectivity index (χ3v) is 6.17. The Morgan fingerprint density at radius 2 is 1.64 bits per heavy atom. The third kappa shape index (κ3) is 4.30. The van der Waals surface area contributed by atoms with E-state index in [-0.39, 0.29) is 13.1 Å². The van der Waals surface area contributed by atoms with Crippen LogP contribution in [0, 0.1) is 20.8 Å². The van der Waals surface area contributed by atoms with Crippen LogP contribution in [0.15, 0.2) is 53.9 Å². The van der Waals surface area contributed by atoms with Crippen LogP contribution in [0.25, 0.3) is 0 Å². The maximum Gasteiger partial charge on any atom is 0.244 e. The fourth-order valence-corrected chi connectivity index (χ4v) is 4.84. The number of benzene rings is 2. The van der Waals surface area contributed by atoms with Crippen molar-refractivity contribution in [3.05, 3.63) is 71.3 Å². The van der Waals surface area contributed by atoms with Gasteiger partial charge < -0.3 is 4.74 Å². The van der Waals surface area contributed by atoms with Crippen LogP contribution in [0.2, 0.25) is 0 Å². The Bertz CT molecular complexity index is 832. The Kier molecular flexibility index (Phi) is 6.03. The second kappa shape index (κ2) is 7.85. The predicted molar refractivity (Wildman–Crippen MR) is 101 cm³/mol. The van der Waals surface area contributed by atoms with E-state index < -0.39 is 10.0 Å². The number of sulfonamides is 1. The SMILES string of the molecule is C=CCN(Cc1ccc(OC)cc1)S(=O)(=O)c1c(C)cc(C)cc1C. The van der Waals surface area contributed by atoms with E-state index in [0.717, 1.165) is 28.0 Å². The molecule has 0 fully saturated rings. The summed E-state index contributed by atoms with van der Waals surface area (Å²) in [6.45, 7) is 9.89. The van der Waals surface area contributed by atoms with Crippen molar-refractivity contribution in [2.24, 2.45) is 0 Å². The van der Waals surface area contributed by atoms with Crippen LogP contribution in [0.5, 0.6) is 5.75 Å². The van der Waals surface area contributed by atoms with Gasteiger partial charge in [0.1, 0.15) is 5.75 Å². The van der Waals surface area contributed by atoms with Gasteiger partial charge in [-0.25, -0.2) is 8.42 Å². The molecule has 134 valence electrons. The lowest BCUT2D eigenvalue weighted by atomic mass is 10.1. The number of methoxy groups -OCH3 is 1. The molecule has 0 unspecified atom stereocenters. The first-order valence-corrected chi connectivity index (χ1v) is 9.55. The lowest BCUT2D eigenvalue weighted by Gasteiger charge is -2.23. The minimum Gasteiger partial charge on any atom is -0.497 e. The molecular weight excluding hydrogens is 334 g/mol. The molecule has 0 aliphatic rings. The Balaban J connectivity index is 2.42. The molecule has 0 spiro atoms. The van der Waals surface area contributed by atoms with Crippen molar-refractivity contribution in [2.75, 3.05) is 13.7 Å². The first-order chi connectivity index (χ1) is 11.8. The lowest BCUT2D eigenvalue weighted by molar-refractivity contribution is 0.413. The first-order valence-electron chi connectivity index (χ1n) is 8.11. The molecule has 25 heavy (non-hydrogen) atoms. The molecule has 2 aromatic rings. The number of rotatable bonds is 7. The number of nitrogens with zero attached hydrogens (tertiary/aromatic N) is 1. The van der Waals surface area contributed by atoms with Crippen molar-refractivity contribution in [1.82, 2.24) is 4.31 Å². The zero-order chi connectivity index (χ0) is 18.6. The highest BCUT2D eigenvalue weighted by atomic mass is 32.2. The molecule has 0 aliphatic carbocycles. The van der Waals surface area contributed by atoms with Gasteiger partial charge in [-0.1, -0.05) is 35.9 Å². The molecule has 4 nitrogen and oxygen atoms in total. The van der Waals surface area contributed by atoms with Crippen LogP contribution in [0.4, 0.5) is 0 Å². The van der Waals surface area contributed by atoms with E-state index in [1.165, 1.54) is 4.31 Å². The fraction of sp³-hybridized carbons (Fsp3) is 0.300. The monoisotopic (exact) mass is 359 g/mol. The molecule has 0 N–H and O–H groups in total. The summed E-state index contributed by atoms with van der Waals surface area (Å²) in [5, 5.41) is 0. The quantitative estimate of drug-likeness (QED) is 0.702. The Morgan fingerprint density at radius 1 is 1.08 bits per heavy atom. The van der Waals surface area contributed by atoms with E-state index in [9.17, 15) is 8.42 Å². The average molecular weight is 359 g/mol. The average Bonchev–Trinajstić information content (AvgIpc) is 2.53.